The third kappa shape index (κ3) is 7.06. The van der Waals surface area contributed by atoms with Crippen LogP contribution in [0.1, 0.15) is 90.8 Å². The molecular weight excluding hydrogens is 629 g/mol. The Morgan fingerprint density at radius 1 is 0.615 bits per heavy atom. The summed E-state index contributed by atoms with van der Waals surface area (Å²) >= 11 is 0. The first kappa shape index (κ1) is 36.4. The minimum atomic E-state index is 0.0121. The molecule has 0 unspecified atom stereocenters. The fourth-order valence-electron chi connectivity index (χ4n) is 7.60. The Labute approximate surface area is 311 Å². The summed E-state index contributed by atoms with van der Waals surface area (Å²) in [5, 5.41) is 3.88. The molecule has 0 radical (unpaired) electrons. The molecule has 1 heteroatoms. The standard InChI is InChI=1S/C27H24.C16H18O.C8H10/c1-17-13-14-22-24(15-17)27(3,4)25-16-23(19-10-6-5-9-18(19)2)20-11-7-8-12-21(20)26(22)25;1-5-7-13-14-10-12(11(3)4)8-9-16(14)17-15(13)6-2;1-7-4-3-5-8(2)6-7/h5-16H,1-4H3;5-11H,2H2,1,3-4H3;3-6H,1-2H3/b;7-5-;. The number of hydrogen-bond donors (Lipinski definition) is 0. The van der Waals surface area contributed by atoms with Gasteiger partial charge in [0.1, 0.15) is 11.3 Å². The fraction of sp³-hybridized carbons (Fsp3) is 0.216. The van der Waals surface area contributed by atoms with Crippen LogP contribution in [0, 0.1) is 27.7 Å². The Morgan fingerprint density at radius 2 is 1.29 bits per heavy atom. The van der Waals surface area contributed by atoms with Crippen LogP contribution in [0.4, 0.5) is 0 Å². The van der Waals surface area contributed by atoms with Crippen LogP contribution >= 0.6 is 0 Å². The Hall–Kier alpha value is -5.40. The fourth-order valence-corrected chi connectivity index (χ4v) is 7.60. The van der Waals surface area contributed by atoms with Gasteiger partial charge in [-0.2, -0.15) is 0 Å². The van der Waals surface area contributed by atoms with Gasteiger partial charge in [-0.3, -0.25) is 0 Å². The van der Waals surface area contributed by atoms with E-state index in [4.69, 9.17) is 4.42 Å². The summed E-state index contributed by atoms with van der Waals surface area (Å²) in [6, 6.07) is 41.9. The van der Waals surface area contributed by atoms with Crippen molar-refractivity contribution < 1.29 is 4.42 Å². The van der Waals surface area contributed by atoms with Crippen molar-refractivity contribution in [2.24, 2.45) is 0 Å². The SMILES string of the molecule is C=Cc1oc2ccc(C(C)C)cc2c1/C=C\C.Cc1ccc2c(c1)C(C)(C)c1cc(-c3ccccc3C)c3ccccc3c1-2.Cc1cccc(C)c1. The van der Waals surface area contributed by atoms with Crippen molar-refractivity contribution in [3.8, 4) is 22.3 Å². The van der Waals surface area contributed by atoms with E-state index >= 15 is 0 Å². The highest BCUT2D eigenvalue weighted by Gasteiger charge is 2.37. The molecule has 262 valence electrons. The minimum absolute atomic E-state index is 0.0121. The predicted molar refractivity (Wildman–Crippen MR) is 227 cm³/mol. The monoisotopic (exact) mass is 680 g/mol. The number of aryl methyl sites for hydroxylation is 4. The summed E-state index contributed by atoms with van der Waals surface area (Å²) in [5.74, 6) is 1.37. The zero-order valence-corrected chi connectivity index (χ0v) is 32.4. The van der Waals surface area contributed by atoms with Gasteiger partial charge >= 0.3 is 0 Å². The lowest BCUT2D eigenvalue weighted by Gasteiger charge is -2.23. The van der Waals surface area contributed by atoms with E-state index in [0.29, 0.717) is 5.92 Å². The molecule has 0 fully saturated rings. The van der Waals surface area contributed by atoms with Crippen molar-refractivity contribution in [3.63, 3.8) is 0 Å². The van der Waals surface area contributed by atoms with Crippen molar-refractivity contribution in [1.29, 1.82) is 0 Å². The van der Waals surface area contributed by atoms with E-state index in [1.165, 1.54) is 77.4 Å². The number of benzene rings is 6. The number of furan rings is 1. The molecular formula is C51H52O. The lowest BCUT2D eigenvalue weighted by molar-refractivity contribution is 0.603. The molecule has 1 aromatic heterocycles. The van der Waals surface area contributed by atoms with E-state index in [1.807, 2.05) is 19.1 Å². The van der Waals surface area contributed by atoms with Gasteiger partial charge in [0.25, 0.3) is 0 Å². The van der Waals surface area contributed by atoms with Gasteiger partial charge in [0, 0.05) is 16.4 Å². The highest BCUT2D eigenvalue weighted by molar-refractivity contribution is 6.09. The average molecular weight is 681 g/mol. The summed E-state index contributed by atoms with van der Waals surface area (Å²) < 4.78 is 5.77. The maximum Gasteiger partial charge on any atom is 0.135 e. The second-order valence-corrected chi connectivity index (χ2v) is 15.0. The van der Waals surface area contributed by atoms with Crippen LogP contribution in [0.2, 0.25) is 0 Å². The number of allylic oxidation sites excluding steroid dienone is 1. The molecule has 52 heavy (non-hydrogen) atoms. The van der Waals surface area contributed by atoms with E-state index in [9.17, 15) is 0 Å². The third-order valence-corrected chi connectivity index (χ3v) is 10.4. The lowest BCUT2D eigenvalue weighted by Crippen LogP contribution is -2.15. The van der Waals surface area contributed by atoms with Gasteiger partial charge in [0.2, 0.25) is 0 Å². The van der Waals surface area contributed by atoms with Crippen molar-refractivity contribution in [1.82, 2.24) is 0 Å². The first-order valence-electron chi connectivity index (χ1n) is 18.5. The third-order valence-electron chi connectivity index (χ3n) is 10.4. The maximum absolute atomic E-state index is 5.77. The van der Waals surface area contributed by atoms with E-state index in [2.05, 4.69) is 177 Å². The summed E-state index contributed by atoms with van der Waals surface area (Å²) in [5.41, 5.74) is 17.1. The topological polar surface area (TPSA) is 13.1 Å². The molecule has 1 heterocycles. The Kier molecular flexibility index (Phi) is 10.5. The first-order chi connectivity index (χ1) is 24.9. The summed E-state index contributed by atoms with van der Waals surface area (Å²) in [7, 11) is 0. The molecule has 8 rings (SSSR count). The van der Waals surface area contributed by atoms with Crippen LogP contribution in [0.3, 0.4) is 0 Å². The van der Waals surface area contributed by atoms with Crippen LogP contribution < -0.4 is 0 Å². The molecule has 0 atom stereocenters. The molecule has 6 aromatic carbocycles. The van der Waals surface area contributed by atoms with E-state index in [-0.39, 0.29) is 5.41 Å². The molecule has 1 aliphatic rings. The van der Waals surface area contributed by atoms with Crippen LogP contribution in [-0.4, -0.2) is 0 Å². The Bertz CT molecular complexity index is 2410. The number of rotatable bonds is 4. The van der Waals surface area contributed by atoms with Gasteiger partial charge in [0.15, 0.2) is 0 Å². The molecule has 0 aliphatic heterocycles. The van der Waals surface area contributed by atoms with Gasteiger partial charge in [-0.05, 0) is 120 Å². The highest BCUT2D eigenvalue weighted by Crippen LogP contribution is 2.53. The normalized spacial score (nSPS) is 12.7. The van der Waals surface area contributed by atoms with Gasteiger partial charge in [-0.15, -0.1) is 0 Å². The molecule has 1 nitrogen and oxygen atoms in total. The maximum atomic E-state index is 5.77. The molecule has 0 amide bonds. The average Bonchev–Trinajstić information content (AvgIpc) is 3.59. The summed E-state index contributed by atoms with van der Waals surface area (Å²) in [4.78, 5) is 0. The molecule has 0 saturated carbocycles. The van der Waals surface area contributed by atoms with Crippen molar-refractivity contribution in [2.45, 2.75) is 73.6 Å². The quantitative estimate of drug-likeness (QED) is 0.180. The first-order valence-corrected chi connectivity index (χ1v) is 18.5. The Morgan fingerprint density at radius 3 is 1.92 bits per heavy atom. The second kappa shape index (κ2) is 15.1. The number of hydrogen-bond acceptors (Lipinski definition) is 1. The van der Waals surface area contributed by atoms with Crippen molar-refractivity contribution in [2.75, 3.05) is 0 Å². The largest absolute Gasteiger partial charge is 0.456 e. The lowest BCUT2D eigenvalue weighted by atomic mass is 9.80. The van der Waals surface area contributed by atoms with Gasteiger partial charge in [0.05, 0.1) is 0 Å². The number of fused-ring (bicyclic) bond motifs is 6. The van der Waals surface area contributed by atoms with Gasteiger partial charge < -0.3 is 4.42 Å². The van der Waals surface area contributed by atoms with Crippen LogP contribution in [0.5, 0.6) is 0 Å². The van der Waals surface area contributed by atoms with Crippen LogP contribution in [0.15, 0.2) is 132 Å². The molecule has 0 spiro atoms. The molecule has 1 aliphatic carbocycles. The predicted octanol–water partition coefficient (Wildman–Crippen LogP) is 15.0. The summed E-state index contributed by atoms with van der Waals surface area (Å²) in [6.07, 6.45) is 5.87. The summed E-state index contributed by atoms with van der Waals surface area (Å²) in [6.45, 7) is 23.6. The van der Waals surface area contributed by atoms with Crippen LogP contribution in [0.25, 0.3) is 56.1 Å². The van der Waals surface area contributed by atoms with Gasteiger partial charge in [-0.25, -0.2) is 0 Å². The molecule has 7 aromatic rings. The molecule has 0 N–H and O–H groups in total. The smallest absolute Gasteiger partial charge is 0.135 e. The Balaban J connectivity index is 0.000000158. The van der Waals surface area contributed by atoms with Crippen LogP contribution in [-0.2, 0) is 5.41 Å². The highest BCUT2D eigenvalue weighted by atomic mass is 16.3. The zero-order chi connectivity index (χ0) is 37.2. The van der Waals surface area contributed by atoms with E-state index in [0.717, 1.165) is 16.9 Å². The minimum Gasteiger partial charge on any atom is -0.456 e. The molecule has 0 saturated heterocycles. The van der Waals surface area contributed by atoms with E-state index in [1.54, 1.807) is 6.08 Å². The molecule has 0 bridgehead atoms. The van der Waals surface area contributed by atoms with Crippen molar-refractivity contribution >= 4 is 33.9 Å². The van der Waals surface area contributed by atoms with Gasteiger partial charge in [-0.1, -0.05) is 160 Å². The van der Waals surface area contributed by atoms with Crippen molar-refractivity contribution in [3.05, 3.63) is 178 Å². The van der Waals surface area contributed by atoms with E-state index < -0.39 is 0 Å². The zero-order valence-electron chi connectivity index (χ0n) is 32.4. The second-order valence-electron chi connectivity index (χ2n) is 15.0.